The smallest absolute Gasteiger partial charge is 0.300 e. The number of aliphatic hydroxyl groups excluding tert-OH is 2. The third-order valence-corrected chi connectivity index (χ3v) is 3.14. The number of carbonyl (C=O) groups excluding carboxylic acids is 2. The van der Waals surface area contributed by atoms with Crippen LogP contribution in [0.1, 0.15) is 24.2 Å². The fraction of sp³-hybridized carbons (Fsp3) is 0.385. The van der Waals surface area contributed by atoms with Gasteiger partial charge >= 0.3 is 5.91 Å². The number of aliphatic hydroxyl groups is 2. The van der Waals surface area contributed by atoms with E-state index in [1.54, 1.807) is 24.3 Å². The first kappa shape index (κ1) is 13.7. The van der Waals surface area contributed by atoms with Crippen molar-refractivity contribution < 1.29 is 19.8 Å². The molecule has 0 bridgehead atoms. The molecular weight excluding hydrogens is 248 g/mol. The van der Waals surface area contributed by atoms with Gasteiger partial charge in [0.2, 0.25) is 0 Å². The minimum absolute atomic E-state index is 0.0447. The molecule has 19 heavy (non-hydrogen) atoms. The van der Waals surface area contributed by atoms with Crippen molar-refractivity contribution in [2.24, 2.45) is 0 Å². The Bertz CT molecular complexity index is 505. The van der Waals surface area contributed by atoms with E-state index in [4.69, 9.17) is 0 Å². The monoisotopic (exact) mass is 264 g/mol. The highest BCUT2D eigenvalue weighted by molar-refractivity contribution is 6.52. The molecule has 0 aromatic heterocycles. The minimum Gasteiger partial charge on any atom is -0.379 e. The highest BCUT2D eigenvalue weighted by atomic mass is 16.3. The van der Waals surface area contributed by atoms with Gasteiger partial charge in [0.05, 0.1) is 17.9 Å². The molecule has 2 unspecified atom stereocenters. The Morgan fingerprint density at radius 2 is 1.74 bits per heavy atom. The Balaban J connectivity index is 2.31. The number of nitrogens with zero attached hydrogens (tertiary/aromatic N) is 2. The van der Waals surface area contributed by atoms with Gasteiger partial charge in [-0.1, -0.05) is 12.1 Å². The minimum atomic E-state index is -0.935. The van der Waals surface area contributed by atoms with E-state index >= 15 is 0 Å². The standard InChI is InChI=1S/C13H16N2O4/c1-8(16)14(9(2)17)7-15-11-6-4-3-5-10(11)12(18)13(15)19/h3-6,8-9,16-17H,7H2,1-2H3. The number of carbonyl (C=O) groups is 2. The van der Waals surface area contributed by atoms with Crippen LogP contribution in [0.5, 0.6) is 0 Å². The second-order valence-electron chi connectivity index (χ2n) is 4.50. The van der Waals surface area contributed by atoms with Gasteiger partial charge in [-0.2, -0.15) is 0 Å². The van der Waals surface area contributed by atoms with Crippen LogP contribution in [-0.4, -0.2) is 45.9 Å². The molecule has 0 saturated carbocycles. The molecule has 1 aromatic rings. The van der Waals surface area contributed by atoms with Crippen molar-refractivity contribution in [3.05, 3.63) is 29.8 Å². The molecule has 6 nitrogen and oxygen atoms in total. The zero-order valence-corrected chi connectivity index (χ0v) is 10.8. The molecule has 2 N–H and O–H groups in total. The summed E-state index contributed by atoms with van der Waals surface area (Å²) in [6.07, 6.45) is -1.87. The lowest BCUT2D eigenvalue weighted by Crippen LogP contribution is -2.48. The van der Waals surface area contributed by atoms with Gasteiger partial charge < -0.3 is 10.2 Å². The Labute approximate surface area is 110 Å². The van der Waals surface area contributed by atoms with E-state index in [0.717, 1.165) is 0 Å². The number of ketones is 1. The number of Topliss-reactive ketones (excluding diaryl/α,β-unsaturated/α-hetero) is 1. The van der Waals surface area contributed by atoms with Crippen molar-refractivity contribution in [2.45, 2.75) is 26.3 Å². The van der Waals surface area contributed by atoms with Gasteiger partial charge in [0.15, 0.2) is 0 Å². The van der Waals surface area contributed by atoms with Gasteiger partial charge in [0, 0.05) is 0 Å². The number of para-hydroxylation sites is 1. The number of fused-ring (bicyclic) bond motifs is 1. The largest absolute Gasteiger partial charge is 0.379 e. The molecule has 0 aliphatic carbocycles. The molecule has 0 saturated heterocycles. The molecule has 0 fully saturated rings. The Morgan fingerprint density at radius 3 is 2.32 bits per heavy atom. The molecule has 1 amide bonds. The first-order valence-electron chi connectivity index (χ1n) is 6.00. The molecule has 102 valence electrons. The Morgan fingerprint density at radius 1 is 1.16 bits per heavy atom. The molecular formula is C13H16N2O4. The van der Waals surface area contributed by atoms with E-state index < -0.39 is 24.1 Å². The van der Waals surface area contributed by atoms with E-state index in [1.165, 1.54) is 23.6 Å². The molecule has 2 atom stereocenters. The molecule has 1 aliphatic rings. The normalized spacial score (nSPS) is 17.8. The maximum Gasteiger partial charge on any atom is 0.300 e. The summed E-state index contributed by atoms with van der Waals surface area (Å²) < 4.78 is 0. The maximum absolute atomic E-state index is 11.9. The van der Waals surface area contributed by atoms with Crippen LogP contribution < -0.4 is 4.90 Å². The molecule has 2 rings (SSSR count). The SMILES string of the molecule is CC(O)N(CN1C(=O)C(=O)c2ccccc21)C(C)O. The van der Waals surface area contributed by atoms with Crippen LogP contribution in [0.15, 0.2) is 24.3 Å². The summed E-state index contributed by atoms with van der Waals surface area (Å²) in [5.74, 6) is -1.21. The third-order valence-electron chi connectivity index (χ3n) is 3.14. The highest BCUT2D eigenvalue weighted by Crippen LogP contribution is 2.28. The number of rotatable bonds is 4. The van der Waals surface area contributed by atoms with Crippen molar-refractivity contribution in [3.63, 3.8) is 0 Å². The van der Waals surface area contributed by atoms with E-state index in [0.29, 0.717) is 11.3 Å². The van der Waals surface area contributed by atoms with E-state index in [9.17, 15) is 19.8 Å². The Kier molecular flexibility index (Phi) is 3.66. The highest BCUT2D eigenvalue weighted by Gasteiger charge is 2.37. The van der Waals surface area contributed by atoms with Crippen LogP contribution in [-0.2, 0) is 4.79 Å². The van der Waals surface area contributed by atoms with Crippen molar-refractivity contribution in [3.8, 4) is 0 Å². The summed E-state index contributed by atoms with van der Waals surface area (Å²) in [4.78, 5) is 26.3. The van der Waals surface area contributed by atoms with Gasteiger partial charge in [-0.25, -0.2) is 4.90 Å². The average molecular weight is 264 g/mol. The Hall–Kier alpha value is -1.76. The summed E-state index contributed by atoms with van der Waals surface area (Å²) >= 11 is 0. The predicted octanol–water partition coefficient (Wildman–Crippen LogP) is 0.152. The molecule has 1 aromatic carbocycles. The summed E-state index contributed by atoms with van der Waals surface area (Å²) in [6, 6.07) is 6.67. The topological polar surface area (TPSA) is 81.1 Å². The molecule has 1 aliphatic heterocycles. The van der Waals surface area contributed by atoms with Crippen LogP contribution in [0.25, 0.3) is 0 Å². The number of hydrogen-bond acceptors (Lipinski definition) is 5. The average Bonchev–Trinajstić information content (AvgIpc) is 2.59. The summed E-state index contributed by atoms with van der Waals surface area (Å²) in [7, 11) is 0. The van der Waals surface area contributed by atoms with Crippen LogP contribution in [0.3, 0.4) is 0 Å². The summed E-state index contributed by atoms with van der Waals surface area (Å²) in [6.45, 7) is 2.93. The molecule has 0 spiro atoms. The zero-order chi connectivity index (χ0) is 14.2. The van der Waals surface area contributed by atoms with Crippen LogP contribution in [0.4, 0.5) is 5.69 Å². The lowest BCUT2D eigenvalue weighted by Gasteiger charge is -2.31. The van der Waals surface area contributed by atoms with Gasteiger partial charge in [-0.3, -0.25) is 14.5 Å². The van der Waals surface area contributed by atoms with E-state index in [1.807, 2.05) is 0 Å². The quantitative estimate of drug-likeness (QED) is 0.597. The molecule has 0 radical (unpaired) electrons. The number of anilines is 1. The number of benzene rings is 1. The van der Waals surface area contributed by atoms with Gasteiger partial charge in [-0.15, -0.1) is 0 Å². The fourth-order valence-corrected chi connectivity index (χ4v) is 2.10. The number of hydrogen-bond donors (Lipinski definition) is 2. The van der Waals surface area contributed by atoms with E-state index in [2.05, 4.69) is 0 Å². The second kappa shape index (κ2) is 5.08. The summed E-state index contributed by atoms with van der Waals surface area (Å²) in [5, 5.41) is 19.2. The van der Waals surface area contributed by atoms with Crippen LogP contribution >= 0.6 is 0 Å². The van der Waals surface area contributed by atoms with Crippen molar-refractivity contribution in [2.75, 3.05) is 11.6 Å². The number of amides is 1. The van der Waals surface area contributed by atoms with Gasteiger partial charge in [-0.05, 0) is 26.0 Å². The fourth-order valence-electron chi connectivity index (χ4n) is 2.10. The van der Waals surface area contributed by atoms with Crippen molar-refractivity contribution in [1.82, 2.24) is 4.90 Å². The lowest BCUT2D eigenvalue weighted by molar-refractivity contribution is -0.117. The molecule has 1 heterocycles. The molecule has 6 heteroatoms. The van der Waals surface area contributed by atoms with Crippen molar-refractivity contribution in [1.29, 1.82) is 0 Å². The first-order chi connectivity index (χ1) is 8.93. The lowest BCUT2D eigenvalue weighted by atomic mass is 10.1. The summed E-state index contributed by atoms with van der Waals surface area (Å²) in [5.41, 5.74) is 0.854. The van der Waals surface area contributed by atoms with E-state index in [-0.39, 0.29) is 6.67 Å². The maximum atomic E-state index is 11.9. The van der Waals surface area contributed by atoms with Gasteiger partial charge in [0.1, 0.15) is 12.5 Å². The zero-order valence-electron chi connectivity index (χ0n) is 10.8. The van der Waals surface area contributed by atoms with Crippen LogP contribution in [0, 0.1) is 0 Å². The van der Waals surface area contributed by atoms with Crippen molar-refractivity contribution >= 4 is 17.4 Å². The van der Waals surface area contributed by atoms with Crippen LogP contribution in [0.2, 0.25) is 0 Å². The second-order valence-corrected chi connectivity index (χ2v) is 4.50. The van der Waals surface area contributed by atoms with Gasteiger partial charge in [0.25, 0.3) is 5.78 Å². The third kappa shape index (κ3) is 2.37. The first-order valence-corrected chi connectivity index (χ1v) is 6.00. The predicted molar refractivity (Wildman–Crippen MR) is 68.3 cm³/mol.